The minimum Gasteiger partial charge on any atom is -0.393 e. The van der Waals surface area contributed by atoms with Crippen LogP contribution in [0.15, 0.2) is 12.4 Å². The van der Waals surface area contributed by atoms with E-state index < -0.39 is 0 Å². The molecule has 3 nitrogen and oxygen atoms in total. The zero-order valence-corrected chi connectivity index (χ0v) is 8.52. The number of aromatic nitrogens is 2. The summed E-state index contributed by atoms with van der Waals surface area (Å²) in [6, 6.07) is 0. The zero-order valence-electron chi connectivity index (χ0n) is 6.37. The van der Waals surface area contributed by atoms with E-state index in [1.54, 1.807) is 6.92 Å². The Hall–Kier alpha value is -0.100. The van der Waals surface area contributed by atoms with Gasteiger partial charge in [-0.15, -0.1) is 0 Å². The van der Waals surface area contributed by atoms with Crippen molar-refractivity contribution in [3.05, 3.63) is 16.0 Å². The molecule has 0 bridgehead atoms. The van der Waals surface area contributed by atoms with Gasteiger partial charge in [0.25, 0.3) is 0 Å². The average molecular weight is 266 g/mol. The third-order valence-corrected chi connectivity index (χ3v) is 1.93. The fourth-order valence-electron chi connectivity index (χ4n) is 0.780. The van der Waals surface area contributed by atoms with Crippen molar-refractivity contribution >= 4 is 22.6 Å². The third kappa shape index (κ3) is 3.20. The Morgan fingerprint density at radius 1 is 1.82 bits per heavy atom. The maximum absolute atomic E-state index is 8.98. The molecule has 1 aromatic rings. The van der Waals surface area contributed by atoms with Crippen LogP contribution in [0.25, 0.3) is 0 Å². The van der Waals surface area contributed by atoms with E-state index in [1.807, 2.05) is 17.1 Å². The molecule has 62 valence electrons. The van der Waals surface area contributed by atoms with E-state index in [0.29, 0.717) is 0 Å². The van der Waals surface area contributed by atoms with Crippen LogP contribution in [0, 0.1) is 3.57 Å². The average Bonchev–Trinajstić information content (AvgIpc) is 2.31. The van der Waals surface area contributed by atoms with Crippen LogP contribution in [0.4, 0.5) is 0 Å². The molecule has 1 heterocycles. The van der Waals surface area contributed by atoms with Crippen LogP contribution in [0.1, 0.15) is 13.3 Å². The van der Waals surface area contributed by atoms with E-state index in [9.17, 15) is 0 Å². The molecule has 0 aromatic carbocycles. The predicted molar refractivity (Wildman–Crippen MR) is 51.2 cm³/mol. The number of aryl methyl sites for hydroxylation is 1. The first-order chi connectivity index (χ1) is 5.18. The molecule has 1 aromatic heterocycles. The molecule has 0 saturated heterocycles. The van der Waals surface area contributed by atoms with Crippen molar-refractivity contribution in [2.75, 3.05) is 0 Å². The molecule has 1 atom stereocenters. The number of halogens is 1. The van der Waals surface area contributed by atoms with E-state index in [4.69, 9.17) is 5.11 Å². The lowest BCUT2D eigenvalue weighted by atomic mass is 10.3. The first-order valence-corrected chi connectivity index (χ1v) is 4.62. The monoisotopic (exact) mass is 266 g/mol. The molecule has 1 rings (SSSR count). The lowest BCUT2D eigenvalue weighted by Crippen LogP contribution is -2.06. The summed E-state index contributed by atoms with van der Waals surface area (Å²) in [7, 11) is 0. The first kappa shape index (κ1) is 8.99. The quantitative estimate of drug-likeness (QED) is 0.836. The molecule has 0 saturated carbocycles. The molecule has 0 aliphatic rings. The molecule has 11 heavy (non-hydrogen) atoms. The molecular formula is C7H11IN2O. The molecular weight excluding hydrogens is 255 g/mol. The van der Waals surface area contributed by atoms with E-state index >= 15 is 0 Å². The van der Waals surface area contributed by atoms with Crippen LogP contribution >= 0.6 is 22.6 Å². The largest absolute Gasteiger partial charge is 0.393 e. The number of aliphatic hydroxyl groups is 1. The van der Waals surface area contributed by atoms with Crippen LogP contribution in [-0.2, 0) is 6.54 Å². The van der Waals surface area contributed by atoms with Gasteiger partial charge >= 0.3 is 0 Å². The van der Waals surface area contributed by atoms with Gasteiger partial charge in [-0.05, 0) is 35.9 Å². The molecule has 0 aliphatic heterocycles. The second kappa shape index (κ2) is 4.06. The molecule has 1 N–H and O–H groups in total. The number of hydrogen-bond acceptors (Lipinski definition) is 2. The number of hydrogen-bond donors (Lipinski definition) is 1. The molecule has 4 heteroatoms. The van der Waals surface area contributed by atoms with Crippen molar-refractivity contribution in [2.24, 2.45) is 0 Å². The SMILES string of the molecule is C[C@@H](O)CCn1cc(I)cn1. The lowest BCUT2D eigenvalue weighted by Gasteiger charge is -2.02. The standard InChI is InChI=1S/C7H11IN2O/c1-6(11)2-3-10-5-7(8)4-9-10/h4-6,11H,2-3H2,1H3/t6-/m1/s1. The minimum atomic E-state index is -0.239. The van der Waals surface area contributed by atoms with Gasteiger partial charge in [0, 0.05) is 12.7 Å². The highest BCUT2D eigenvalue weighted by atomic mass is 127. The number of nitrogens with zero attached hydrogens (tertiary/aromatic N) is 2. The zero-order chi connectivity index (χ0) is 8.27. The third-order valence-electron chi connectivity index (χ3n) is 1.38. The van der Waals surface area contributed by atoms with E-state index in [0.717, 1.165) is 16.5 Å². The fraction of sp³-hybridized carbons (Fsp3) is 0.571. The summed E-state index contributed by atoms with van der Waals surface area (Å²) in [4.78, 5) is 0. The highest BCUT2D eigenvalue weighted by Gasteiger charge is 1.97. The summed E-state index contributed by atoms with van der Waals surface area (Å²) < 4.78 is 2.97. The number of aliphatic hydroxyl groups excluding tert-OH is 1. The fourth-order valence-corrected chi connectivity index (χ4v) is 1.23. The van der Waals surface area contributed by atoms with Gasteiger partial charge in [-0.2, -0.15) is 5.10 Å². The highest BCUT2D eigenvalue weighted by Crippen LogP contribution is 2.02. The van der Waals surface area contributed by atoms with Crippen molar-refractivity contribution in [2.45, 2.75) is 26.0 Å². The number of rotatable bonds is 3. The Labute approximate surface area is 79.6 Å². The Balaban J connectivity index is 2.39. The summed E-state index contributed by atoms with van der Waals surface area (Å²) in [5.74, 6) is 0. The molecule has 0 amide bonds. The maximum atomic E-state index is 8.98. The van der Waals surface area contributed by atoms with Gasteiger partial charge < -0.3 is 5.11 Å². The van der Waals surface area contributed by atoms with E-state index in [-0.39, 0.29) is 6.10 Å². The van der Waals surface area contributed by atoms with E-state index in [1.165, 1.54) is 0 Å². The minimum absolute atomic E-state index is 0.239. The molecule has 0 fully saturated rings. The Kier molecular flexibility index (Phi) is 3.32. The Morgan fingerprint density at radius 3 is 3.00 bits per heavy atom. The second-order valence-corrected chi connectivity index (χ2v) is 3.80. The van der Waals surface area contributed by atoms with Crippen molar-refractivity contribution in [3.63, 3.8) is 0 Å². The summed E-state index contributed by atoms with van der Waals surface area (Å²) in [6.45, 7) is 2.58. The van der Waals surface area contributed by atoms with Gasteiger partial charge in [0.15, 0.2) is 0 Å². The van der Waals surface area contributed by atoms with Crippen LogP contribution in [0.3, 0.4) is 0 Å². The first-order valence-electron chi connectivity index (χ1n) is 3.54. The Morgan fingerprint density at radius 2 is 2.55 bits per heavy atom. The normalized spacial score (nSPS) is 13.4. The summed E-state index contributed by atoms with van der Waals surface area (Å²) >= 11 is 2.21. The second-order valence-electron chi connectivity index (χ2n) is 2.56. The maximum Gasteiger partial charge on any atom is 0.0623 e. The van der Waals surface area contributed by atoms with Gasteiger partial charge in [-0.3, -0.25) is 4.68 Å². The summed E-state index contributed by atoms with van der Waals surface area (Å²) in [5, 5.41) is 13.1. The molecule has 0 spiro atoms. The highest BCUT2D eigenvalue weighted by molar-refractivity contribution is 14.1. The molecule has 0 aliphatic carbocycles. The van der Waals surface area contributed by atoms with Crippen LogP contribution < -0.4 is 0 Å². The van der Waals surface area contributed by atoms with Crippen LogP contribution in [-0.4, -0.2) is 21.0 Å². The lowest BCUT2D eigenvalue weighted by molar-refractivity contribution is 0.176. The molecule has 0 unspecified atom stereocenters. The van der Waals surface area contributed by atoms with Crippen LogP contribution in [0.5, 0.6) is 0 Å². The Bertz CT molecular complexity index is 222. The van der Waals surface area contributed by atoms with Crippen molar-refractivity contribution in [3.8, 4) is 0 Å². The van der Waals surface area contributed by atoms with Crippen LogP contribution in [0.2, 0.25) is 0 Å². The van der Waals surface area contributed by atoms with Gasteiger partial charge in [0.1, 0.15) is 0 Å². The predicted octanol–water partition coefficient (Wildman–Crippen LogP) is 1.26. The van der Waals surface area contributed by atoms with Crippen molar-refractivity contribution < 1.29 is 5.11 Å². The topological polar surface area (TPSA) is 38.0 Å². The van der Waals surface area contributed by atoms with Gasteiger partial charge in [-0.25, -0.2) is 0 Å². The van der Waals surface area contributed by atoms with Gasteiger partial charge in [-0.1, -0.05) is 0 Å². The van der Waals surface area contributed by atoms with E-state index in [2.05, 4.69) is 27.7 Å². The smallest absolute Gasteiger partial charge is 0.0623 e. The van der Waals surface area contributed by atoms with Crippen molar-refractivity contribution in [1.29, 1.82) is 0 Å². The summed E-state index contributed by atoms with van der Waals surface area (Å²) in [5.41, 5.74) is 0. The van der Waals surface area contributed by atoms with Gasteiger partial charge in [0.2, 0.25) is 0 Å². The summed E-state index contributed by atoms with van der Waals surface area (Å²) in [6.07, 6.45) is 4.29. The van der Waals surface area contributed by atoms with Crippen molar-refractivity contribution in [1.82, 2.24) is 9.78 Å². The van der Waals surface area contributed by atoms with Gasteiger partial charge in [0.05, 0.1) is 15.9 Å². The molecule has 0 radical (unpaired) electrons.